The molecule has 0 radical (unpaired) electrons. The van der Waals surface area contributed by atoms with Crippen LogP contribution in [0.1, 0.15) is 79.6 Å². The average molecular weight is 1790 g/mol. The smallest absolute Gasteiger partial charge is 0.376 e. The lowest BCUT2D eigenvalue weighted by Crippen LogP contribution is -2.51. The van der Waals surface area contributed by atoms with Gasteiger partial charge in [-0.15, -0.1) is 24.8 Å². The third-order valence-electron chi connectivity index (χ3n) is 11.9. The number of anilines is 4. The first-order valence-corrected chi connectivity index (χ1v) is 33.2. The van der Waals surface area contributed by atoms with E-state index in [1.165, 1.54) is 14.0 Å². The molecule has 91 heavy (non-hydrogen) atoms. The van der Waals surface area contributed by atoms with E-state index in [9.17, 15) is 60.2 Å². The minimum atomic E-state index is -0.795. The number of unbranched alkanes of at least 4 members (excludes halogenated alkanes) is 1. The monoisotopic (exact) mass is 1780 g/mol. The van der Waals surface area contributed by atoms with Gasteiger partial charge in [-0.2, -0.15) is 20.4 Å². The molecule has 516 valence electrons. The minimum Gasteiger partial charge on any atom is -0.396 e. The van der Waals surface area contributed by atoms with Gasteiger partial charge in [0, 0.05) is 95.5 Å². The number of nitro groups is 5. The molecule has 0 bridgehead atoms. The first-order valence-electron chi connectivity index (χ1n) is 27.3. The van der Waals surface area contributed by atoms with Crippen molar-refractivity contribution in [3.05, 3.63) is 94.3 Å². The zero-order valence-corrected chi connectivity index (χ0v) is 62.4. The number of alkyl halides is 1. The van der Waals surface area contributed by atoms with Crippen molar-refractivity contribution in [3.8, 4) is 0 Å². The molecule has 37 nitrogen and oxygen atoms in total. The number of nitrogens with two attached hydrogens (primary N) is 1. The molecule has 5 aromatic rings. The quantitative estimate of drug-likeness (QED) is 0.0159. The molecule has 3 aliphatic heterocycles. The molecule has 0 aliphatic carbocycles. The lowest BCUT2D eigenvalue weighted by atomic mass is 10.2. The van der Waals surface area contributed by atoms with Crippen LogP contribution in [0.4, 0.5) is 45.9 Å². The number of hydrogen-bond donors (Lipinski definition) is 9. The van der Waals surface area contributed by atoms with Gasteiger partial charge in [-0.25, -0.2) is 14.0 Å². The van der Waals surface area contributed by atoms with Gasteiger partial charge in [-0.05, 0) is 161 Å². The van der Waals surface area contributed by atoms with E-state index in [-0.39, 0.29) is 95.8 Å². The summed E-state index contributed by atoms with van der Waals surface area (Å²) in [4.78, 5) is 74.1. The van der Waals surface area contributed by atoms with E-state index >= 15 is 0 Å². The van der Waals surface area contributed by atoms with Crippen LogP contribution in [0.15, 0.2) is 37.7 Å². The number of nitrogens with one attached hydrogen (secondary N) is 5. The van der Waals surface area contributed by atoms with Gasteiger partial charge in [-0.1, -0.05) is 36.2 Å². The zero-order chi connectivity index (χ0) is 67.2. The number of fused-ring (bicyclic) bond motifs is 2. The van der Waals surface area contributed by atoms with Crippen molar-refractivity contribution in [2.24, 2.45) is 5.10 Å². The fourth-order valence-electron chi connectivity index (χ4n) is 8.12. The molecule has 3 aliphatic rings. The number of halogens is 9. The van der Waals surface area contributed by atoms with E-state index in [2.05, 4.69) is 165 Å². The van der Waals surface area contributed by atoms with Crippen LogP contribution >= 0.6 is 136 Å². The number of aromatic nitrogens is 10. The number of aryl methyl sites for hydroxylation is 2. The first-order chi connectivity index (χ1) is 42.3. The Morgan fingerprint density at radius 3 is 1.46 bits per heavy atom. The second kappa shape index (κ2) is 44.7. The van der Waals surface area contributed by atoms with Crippen molar-refractivity contribution in [1.82, 2.24) is 58.8 Å². The van der Waals surface area contributed by atoms with Crippen LogP contribution in [0.5, 0.6) is 0 Å². The Bertz CT molecular complexity index is 3250. The van der Waals surface area contributed by atoms with Crippen LogP contribution in [-0.2, 0) is 39.3 Å². The summed E-state index contributed by atoms with van der Waals surface area (Å²) in [5, 5.41) is 111. The van der Waals surface area contributed by atoms with Gasteiger partial charge in [0.2, 0.25) is 25.4 Å². The number of rotatable bonds is 24. The molecule has 46 heteroatoms. The standard InChI is InChI=1S/C9H17BrN4O2.C8H13BrN4O3.C8H12N4O3.C8H14N4O.C6H7Br2N3O3.C3HBr2N3O2.C3H7BrO.2ClH/c1-3-5-6-13-9(11-4-2)7(14(15)16)8(10)12-13;1-2-10-8-6(13(15)16)7(9)11-12(8)4-3-5-14;1-2-9-7-6(12(14)15)8(13)11-5-3-4-10(7)11;1-2-10-7-6(9)8(13)12-5-3-4-11(7)12;7-5-4(11(13)14)6(8)10(9-5)2-1-3-12;4-2-1(8(9)10)3(5)7-6-2;4-2-1-3-5;;/h7,9,11H,3-6H2,1-2H3;10,14H,2-5H2,1H3;9H,2-5H2,1H3;10H,2-5,9H2,1H3;12H,1-3H2;(H,6,7);5H,1-3H2;2*1H. The molecule has 0 saturated carbocycles. The Balaban J connectivity index is 0.00000105. The summed E-state index contributed by atoms with van der Waals surface area (Å²) in [6.45, 7) is 17.1. The summed E-state index contributed by atoms with van der Waals surface area (Å²) in [6, 6.07) is -0.795. The molecule has 5 aromatic heterocycles. The molecule has 0 spiro atoms. The van der Waals surface area contributed by atoms with E-state index in [0.717, 1.165) is 69.4 Å². The van der Waals surface area contributed by atoms with E-state index in [4.69, 9.17) is 21.1 Å². The van der Waals surface area contributed by atoms with E-state index in [1.54, 1.807) is 14.4 Å². The third kappa shape index (κ3) is 24.7. The van der Waals surface area contributed by atoms with Crippen molar-refractivity contribution < 1.29 is 39.9 Å². The van der Waals surface area contributed by atoms with Gasteiger partial charge in [0.1, 0.15) is 11.5 Å². The zero-order valence-electron chi connectivity index (χ0n) is 49.6. The molecule has 0 fully saturated rings. The van der Waals surface area contributed by atoms with Gasteiger partial charge in [-0.3, -0.25) is 89.6 Å². The van der Waals surface area contributed by atoms with Crippen molar-refractivity contribution in [2.75, 3.05) is 79.6 Å². The summed E-state index contributed by atoms with van der Waals surface area (Å²) in [5.41, 5.74) is 4.88. The molecule has 0 saturated heterocycles. The van der Waals surface area contributed by atoms with Gasteiger partial charge in [0.25, 0.3) is 11.6 Å². The Morgan fingerprint density at radius 2 is 1.04 bits per heavy atom. The number of nitrogens with zero attached hydrogens (tertiary/aromatic N) is 16. The maximum absolute atomic E-state index is 11.7. The molecule has 8 heterocycles. The number of aliphatic hydroxyl groups is 3. The average Bonchev–Trinajstić information content (AvgIpc) is 1.64. The summed E-state index contributed by atoms with van der Waals surface area (Å²) >= 11 is 21.3. The normalized spacial score (nSPS) is 13.7. The molecule has 2 atom stereocenters. The lowest BCUT2D eigenvalue weighted by molar-refractivity contribution is -0.508. The Morgan fingerprint density at radius 1 is 0.582 bits per heavy atom. The van der Waals surface area contributed by atoms with Crippen LogP contribution in [0.2, 0.25) is 0 Å². The minimum absolute atomic E-state index is 0. The van der Waals surface area contributed by atoms with Crippen LogP contribution in [0.3, 0.4) is 0 Å². The lowest BCUT2D eigenvalue weighted by Gasteiger charge is -2.24. The van der Waals surface area contributed by atoms with Gasteiger partial charge in [0.05, 0.1) is 19.7 Å². The van der Waals surface area contributed by atoms with E-state index in [1.807, 2.05) is 32.4 Å². The highest BCUT2D eigenvalue weighted by molar-refractivity contribution is 9.18. The molecular weight excluding hydrogens is 1720 g/mol. The second-order valence-electron chi connectivity index (χ2n) is 18.0. The summed E-state index contributed by atoms with van der Waals surface area (Å²) < 4.78 is 11.2. The van der Waals surface area contributed by atoms with Crippen molar-refractivity contribution >= 4 is 187 Å². The van der Waals surface area contributed by atoms with E-state index < -0.39 is 31.3 Å². The Hall–Kier alpha value is -4.90. The highest BCUT2D eigenvalue weighted by Crippen LogP contribution is 2.34. The molecule has 0 aromatic carbocycles. The summed E-state index contributed by atoms with van der Waals surface area (Å²) in [5.74, 6) is 1.49. The van der Waals surface area contributed by atoms with Crippen LogP contribution in [-0.4, -0.2) is 168 Å². The first kappa shape index (κ1) is 86.1. The summed E-state index contributed by atoms with van der Waals surface area (Å²) in [7, 11) is 0. The maximum Gasteiger partial charge on any atom is 0.376 e. The predicted octanol–water partition coefficient (Wildman–Crippen LogP) is 8.37. The van der Waals surface area contributed by atoms with Crippen LogP contribution in [0.25, 0.3) is 0 Å². The fraction of sp³-hybridized carbons (Fsp3) is 0.644. The molecule has 0 amide bonds. The van der Waals surface area contributed by atoms with Gasteiger partial charge >= 0.3 is 28.3 Å². The predicted molar refractivity (Wildman–Crippen MR) is 371 cm³/mol. The highest BCUT2D eigenvalue weighted by Gasteiger charge is 2.44. The SMILES string of the molecule is CCCCN1N=C(Br)C([N+](=O)[O-])C1NCC.CCNc1c(N)c(=O)n2n1CCC2.CCNc1c([N+](=O)[O-])c(=O)n2n1CCC2.CCNc1c([N+](=O)[O-])c(Br)nn1CCCO.Cl.Cl.O=[N+]([O-])c1c(Br)n[nH]c1Br.O=[N+]([O-])c1c(Br)nn(CCCO)c1Br.OCCCBr. The van der Waals surface area contributed by atoms with Gasteiger partial charge < -0.3 is 37.0 Å². The molecular formula is C45H73Br7Cl2N22O15. The number of likely N-dealkylation sites (N-methyl/N-ethyl adjacent to an activating group) is 1. The third-order valence-corrected chi connectivity index (χ3v) is 16.1. The van der Waals surface area contributed by atoms with Crippen LogP contribution < -0.4 is 38.1 Å². The van der Waals surface area contributed by atoms with Crippen molar-refractivity contribution in [2.45, 2.75) is 131 Å². The van der Waals surface area contributed by atoms with Crippen molar-refractivity contribution in [3.63, 3.8) is 0 Å². The fourth-order valence-corrected chi connectivity index (χ4v) is 12.0. The van der Waals surface area contributed by atoms with Crippen LogP contribution in [0, 0.1) is 50.6 Å². The largest absolute Gasteiger partial charge is 0.396 e. The number of aliphatic hydroxyl groups excluding tert-OH is 3. The van der Waals surface area contributed by atoms with E-state index in [0.29, 0.717) is 91.8 Å². The second-order valence-corrected chi connectivity index (χ2v) is 23.4. The highest BCUT2D eigenvalue weighted by atomic mass is 79.9. The number of hydrogen-bond acceptors (Lipinski definition) is 25. The Kier molecular flexibility index (Phi) is 42.2. The number of aromatic amines is 1. The molecule has 2 unspecified atom stereocenters. The maximum atomic E-state index is 11.7. The number of hydrazone groups is 1. The summed E-state index contributed by atoms with van der Waals surface area (Å²) in [6.07, 6.45) is 5.44. The number of nitrogen functional groups attached to an aromatic ring is 1. The van der Waals surface area contributed by atoms with Gasteiger partial charge in [0.15, 0.2) is 20.0 Å². The molecule has 8 rings (SSSR count). The molecule has 10 N–H and O–H groups in total. The Labute approximate surface area is 590 Å². The topological polar surface area (TPSA) is 484 Å². The number of H-pyrrole nitrogens is 1. The van der Waals surface area contributed by atoms with Crippen molar-refractivity contribution in [1.29, 1.82) is 0 Å².